The molecule has 0 saturated carbocycles. The summed E-state index contributed by atoms with van der Waals surface area (Å²) < 4.78 is 4.70. The largest absolute Gasteiger partial charge is 0.465 e. The van der Waals surface area contributed by atoms with Crippen LogP contribution in [0.4, 0.5) is 17.3 Å². The molecule has 7 heteroatoms. The van der Waals surface area contributed by atoms with Gasteiger partial charge in [0.15, 0.2) is 0 Å². The van der Waals surface area contributed by atoms with Crippen LogP contribution in [0.5, 0.6) is 0 Å². The second-order valence-electron chi connectivity index (χ2n) is 6.68. The van der Waals surface area contributed by atoms with Crippen molar-refractivity contribution in [2.24, 2.45) is 0 Å². The van der Waals surface area contributed by atoms with Gasteiger partial charge in [0.05, 0.1) is 18.2 Å². The molecule has 1 aliphatic rings. The molecule has 2 heterocycles. The van der Waals surface area contributed by atoms with E-state index in [0.717, 1.165) is 25.1 Å². The van der Waals surface area contributed by atoms with Gasteiger partial charge in [-0.15, -0.1) is 0 Å². The minimum Gasteiger partial charge on any atom is -0.465 e. The molecule has 0 radical (unpaired) electrons. The van der Waals surface area contributed by atoms with Crippen LogP contribution in [0.3, 0.4) is 0 Å². The van der Waals surface area contributed by atoms with Crippen LogP contribution in [0.2, 0.25) is 0 Å². The van der Waals surface area contributed by atoms with Crippen molar-refractivity contribution in [3.05, 3.63) is 77.6 Å². The molecule has 0 atom stereocenters. The van der Waals surface area contributed by atoms with Gasteiger partial charge >= 0.3 is 5.97 Å². The number of benzene rings is 2. The van der Waals surface area contributed by atoms with Crippen LogP contribution in [-0.2, 0) is 11.2 Å². The topological polar surface area (TPSA) is 84.4 Å². The minimum absolute atomic E-state index is 0.336. The zero-order valence-corrected chi connectivity index (χ0v) is 16.0. The van der Waals surface area contributed by atoms with Gasteiger partial charge in [-0.1, -0.05) is 24.3 Å². The number of nitrogens with zero attached hydrogens (tertiary/aromatic N) is 3. The van der Waals surface area contributed by atoms with E-state index in [-0.39, 0.29) is 5.91 Å². The highest BCUT2D eigenvalue weighted by Gasteiger charge is 2.20. The Kier molecular flexibility index (Phi) is 5.20. The van der Waals surface area contributed by atoms with E-state index in [0.29, 0.717) is 22.8 Å². The van der Waals surface area contributed by atoms with Crippen LogP contribution >= 0.6 is 0 Å². The molecule has 0 spiro atoms. The van der Waals surface area contributed by atoms with E-state index in [4.69, 9.17) is 4.74 Å². The van der Waals surface area contributed by atoms with E-state index in [9.17, 15) is 9.59 Å². The van der Waals surface area contributed by atoms with Gasteiger partial charge in [0, 0.05) is 30.3 Å². The van der Waals surface area contributed by atoms with Crippen molar-refractivity contribution in [3.8, 4) is 0 Å². The molecule has 1 N–H and O–H groups in total. The lowest BCUT2D eigenvalue weighted by molar-refractivity contribution is 0.0600. The average Bonchev–Trinajstić information content (AvgIpc) is 2.78. The molecule has 4 rings (SSSR count). The number of carbonyl (C=O) groups excluding carboxylic acids is 2. The van der Waals surface area contributed by atoms with Crippen molar-refractivity contribution in [2.75, 3.05) is 23.9 Å². The molecule has 146 valence electrons. The van der Waals surface area contributed by atoms with Crippen molar-refractivity contribution in [3.63, 3.8) is 0 Å². The molecule has 2 aromatic carbocycles. The molecule has 3 aromatic rings. The summed E-state index contributed by atoms with van der Waals surface area (Å²) in [4.78, 5) is 35.0. The maximum Gasteiger partial charge on any atom is 0.337 e. The number of carbonyl (C=O) groups is 2. The number of aromatic nitrogens is 2. The van der Waals surface area contributed by atoms with Crippen molar-refractivity contribution in [1.29, 1.82) is 0 Å². The van der Waals surface area contributed by atoms with Gasteiger partial charge in [-0.25, -0.2) is 14.8 Å². The lowest BCUT2D eigenvalue weighted by Gasteiger charge is -2.29. The number of amides is 1. The molecule has 1 amide bonds. The number of para-hydroxylation sites is 1. The highest BCUT2D eigenvalue weighted by atomic mass is 16.5. The molecule has 0 unspecified atom stereocenters. The van der Waals surface area contributed by atoms with Crippen LogP contribution in [-0.4, -0.2) is 35.5 Å². The Bertz CT molecular complexity index is 1050. The fraction of sp³-hybridized carbons (Fsp3) is 0.182. The van der Waals surface area contributed by atoms with E-state index in [2.05, 4.69) is 32.3 Å². The Hall–Kier alpha value is -3.74. The molecule has 0 saturated heterocycles. The predicted molar refractivity (Wildman–Crippen MR) is 110 cm³/mol. The number of rotatable bonds is 4. The van der Waals surface area contributed by atoms with Crippen LogP contribution < -0.4 is 10.2 Å². The fourth-order valence-electron chi connectivity index (χ4n) is 3.36. The van der Waals surface area contributed by atoms with Crippen LogP contribution in [0.1, 0.15) is 32.7 Å². The van der Waals surface area contributed by atoms with E-state index < -0.39 is 5.97 Å². The molecule has 1 aromatic heterocycles. The highest BCUT2D eigenvalue weighted by molar-refractivity contribution is 6.04. The first-order chi connectivity index (χ1) is 14.2. The SMILES string of the molecule is COC(=O)c1cccc(NC(=O)c2cnc(N3CCCc4ccccc43)nc2)c1. The summed E-state index contributed by atoms with van der Waals surface area (Å²) in [5.41, 5.74) is 3.57. The molecule has 1 aliphatic heterocycles. The molecule has 7 nitrogen and oxygen atoms in total. The van der Waals surface area contributed by atoms with E-state index >= 15 is 0 Å². The third-order valence-electron chi connectivity index (χ3n) is 4.79. The first-order valence-electron chi connectivity index (χ1n) is 9.33. The van der Waals surface area contributed by atoms with Crippen molar-refractivity contribution in [1.82, 2.24) is 9.97 Å². The summed E-state index contributed by atoms with van der Waals surface area (Å²) in [6.07, 6.45) is 5.09. The van der Waals surface area contributed by atoms with Gasteiger partial charge < -0.3 is 15.0 Å². The number of esters is 1. The van der Waals surface area contributed by atoms with Gasteiger partial charge in [-0.3, -0.25) is 4.79 Å². The fourth-order valence-corrected chi connectivity index (χ4v) is 3.36. The van der Waals surface area contributed by atoms with E-state index in [1.54, 1.807) is 24.3 Å². The van der Waals surface area contributed by atoms with Gasteiger partial charge in [-0.05, 0) is 42.7 Å². The summed E-state index contributed by atoms with van der Waals surface area (Å²) >= 11 is 0. The summed E-state index contributed by atoms with van der Waals surface area (Å²) in [7, 11) is 1.31. The molecular weight excluding hydrogens is 368 g/mol. The summed E-state index contributed by atoms with van der Waals surface area (Å²) in [5, 5.41) is 2.75. The van der Waals surface area contributed by atoms with Gasteiger partial charge in [-0.2, -0.15) is 0 Å². The van der Waals surface area contributed by atoms with Gasteiger partial charge in [0.25, 0.3) is 5.91 Å². The standard InChI is InChI=1S/C22H20N4O3/c1-29-21(28)16-7-4-9-18(12-16)25-20(27)17-13-23-22(24-14-17)26-11-5-8-15-6-2-3-10-19(15)26/h2-4,6-7,9-10,12-14H,5,8,11H2,1H3,(H,25,27). The number of ether oxygens (including phenoxy) is 1. The Balaban J connectivity index is 1.50. The summed E-state index contributed by atoms with van der Waals surface area (Å²) in [6.45, 7) is 0.836. The average molecular weight is 388 g/mol. The molecule has 29 heavy (non-hydrogen) atoms. The second-order valence-corrected chi connectivity index (χ2v) is 6.68. The Morgan fingerprint density at radius 2 is 1.83 bits per heavy atom. The molecule has 0 fully saturated rings. The number of anilines is 3. The third-order valence-corrected chi connectivity index (χ3v) is 4.79. The number of nitrogens with one attached hydrogen (secondary N) is 1. The quantitative estimate of drug-likeness (QED) is 0.688. The van der Waals surface area contributed by atoms with Crippen LogP contribution in [0, 0.1) is 0 Å². The second kappa shape index (κ2) is 8.10. The number of methoxy groups -OCH3 is 1. The van der Waals surface area contributed by atoms with Gasteiger partial charge in [0.2, 0.25) is 5.95 Å². The monoisotopic (exact) mass is 388 g/mol. The summed E-state index contributed by atoms with van der Waals surface area (Å²) in [5.74, 6) is -0.241. The van der Waals surface area contributed by atoms with Crippen LogP contribution in [0.15, 0.2) is 60.9 Å². The normalized spacial score (nSPS) is 12.8. The predicted octanol–water partition coefficient (Wildman–Crippen LogP) is 3.60. The first kappa shape index (κ1) is 18.6. The Morgan fingerprint density at radius 1 is 1.03 bits per heavy atom. The molecule has 0 aliphatic carbocycles. The van der Waals surface area contributed by atoms with E-state index in [1.165, 1.54) is 25.1 Å². The maximum absolute atomic E-state index is 12.5. The number of hydrogen-bond acceptors (Lipinski definition) is 6. The Morgan fingerprint density at radius 3 is 2.62 bits per heavy atom. The number of hydrogen-bond donors (Lipinski definition) is 1. The Labute approximate surface area is 168 Å². The zero-order valence-electron chi connectivity index (χ0n) is 16.0. The van der Waals surface area contributed by atoms with Crippen LogP contribution in [0.25, 0.3) is 0 Å². The maximum atomic E-state index is 12.5. The number of fused-ring (bicyclic) bond motifs is 1. The lowest BCUT2D eigenvalue weighted by Crippen LogP contribution is -2.26. The smallest absolute Gasteiger partial charge is 0.337 e. The van der Waals surface area contributed by atoms with Gasteiger partial charge in [0.1, 0.15) is 0 Å². The third kappa shape index (κ3) is 3.94. The summed E-state index contributed by atoms with van der Waals surface area (Å²) in [6, 6.07) is 14.8. The zero-order chi connectivity index (χ0) is 20.2. The van der Waals surface area contributed by atoms with Crippen molar-refractivity contribution >= 4 is 29.2 Å². The molecule has 0 bridgehead atoms. The van der Waals surface area contributed by atoms with E-state index in [1.807, 2.05) is 12.1 Å². The van der Waals surface area contributed by atoms with Crippen molar-refractivity contribution < 1.29 is 14.3 Å². The number of aryl methyl sites for hydroxylation is 1. The minimum atomic E-state index is -0.462. The molecular formula is C22H20N4O3. The van der Waals surface area contributed by atoms with Crippen molar-refractivity contribution in [2.45, 2.75) is 12.8 Å². The highest BCUT2D eigenvalue weighted by Crippen LogP contribution is 2.31. The lowest BCUT2D eigenvalue weighted by atomic mass is 10.0. The first-order valence-corrected chi connectivity index (χ1v) is 9.33.